The molecule has 21 heavy (non-hydrogen) atoms. The zero-order valence-corrected chi connectivity index (χ0v) is 13.1. The summed E-state index contributed by atoms with van der Waals surface area (Å²) in [6, 6.07) is 9.08. The van der Waals surface area contributed by atoms with E-state index in [2.05, 4.69) is 41.0 Å². The van der Waals surface area contributed by atoms with Crippen molar-refractivity contribution in [3.8, 4) is 0 Å². The molecule has 1 fully saturated rings. The summed E-state index contributed by atoms with van der Waals surface area (Å²) in [5.74, 6) is -0.723. The van der Waals surface area contributed by atoms with Gasteiger partial charge < -0.3 is 5.11 Å². The minimum Gasteiger partial charge on any atom is -0.480 e. The van der Waals surface area contributed by atoms with E-state index in [0.29, 0.717) is 6.04 Å². The van der Waals surface area contributed by atoms with Gasteiger partial charge in [-0.25, -0.2) is 0 Å². The number of carboxylic acid groups (broad SMARTS) is 1. The molecule has 0 aromatic heterocycles. The summed E-state index contributed by atoms with van der Waals surface area (Å²) in [4.78, 5) is 15.5. The van der Waals surface area contributed by atoms with E-state index in [1.54, 1.807) is 0 Å². The Kier molecular flexibility index (Phi) is 5.76. The Hall–Kier alpha value is -1.39. The molecule has 4 heteroatoms. The lowest BCUT2D eigenvalue weighted by Gasteiger charge is -2.37. The minimum atomic E-state index is -0.723. The third-order valence-corrected chi connectivity index (χ3v) is 4.31. The minimum absolute atomic E-state index is 0.166. The largest absolute Gasteiger partial charge is 0.480 e. The first-order chi connectivity index (χ1) is 10.1. The van der Waals surface area contributed by atoms with Crippen molar-refractivity contribution in [2.24, 2.45) is 0 Å². The highest BCUT2D eigenvalue weighted by Gasteiger charge is 2.24. The summed E-state index contributed by atoms with van der Waals surface area (Å²) in [6.45, 7) is 8.25. The Morgan fingerprint density at radius 3 is 2.67 bits per heavy atom. The summed E-state index contributed by atoms with van der Waals surface area (Å²) in [5.41, 5.74) is 2.67. The molecule has 4 nitrogen and oxygen atoms in total. The Labute approximate surface area is 127 Å². The van der Waals surface area contributed by atoms with Crippen LogP contribution in [0.4, 0.5) is 0 Å². The van der Waals surface area contributed by atoms with E-state index in [1.807, 2.05) is 6.92 Å². The summed E-state index contributed by atoms with van der Waals surface area (Å²) in [6.07, 6.45) is 2.12. The van der Waals surface area contributed by atoms with Crippen LogP contribution in [0.1, 0.15) is 30.9 Å². The van der Waals surface area contributed by atoms with Gasteiger partial charge in [-0.15, -0.1) is 0 Å². The molecule has 0 atom stereocenters. The molecule has 0 aliphatic carbocycles. The van der Waals surface area contributed by atoms with Crippen LogP contribution in [-0.4, -0.2) is 53.1 Å². The van der Waals surface area contributed by atoms with Crippen molar-refractivity contribution in [2.75, 3.05) is 26.2 Å². The van der Waals surface area contributed by atoms with Gasteiger partial charge in [0.15, 0.2) is 0 Å². The van der Waals surface area contributed by atoms with E-state index < -0.39 is 5.97 Å². The molecule has 0 radical (unpaired) electrons. The molecule has 0 spiro atoms. The number of aliphatic carboxylic acids is 1. The zero-order chi connectivity index (χ0) is 15.2. The van der Waals surface area contributed by atoms with Crippen LogP contribution in [-0.2, 0) is 11.3 Å². The monoisotopic (exact) mass is 290 g/mol. The first-order valence-corrected chi connectivity index (χ1v) is 7.82. The second kappa shape index (κ2) is 7.57. The summed E-state index contributed by atoms with van der Waals surface area (Å²) >= 11 is 0. The smallest absolute Gasteiger partial charge is 0.317 e. The first-order valence-electron chi connectivity index (χ1n) is 7.82. The molecule has 1 aliphatic heterocycles. The molecule has 1 heterocycles. The number of carbonyl (C=O) groups is 1. The fourth-order valence-corrected chi connectivity index (χ4v) is 3.18. The molecule has 0 amide bonds. The van der Waals surface area contributed by atoms with Gasteiger partial charge in [0.1, 0.15) is 0 Å². The predicted molar refractivity (Wildman–Crippen MR) is 84.4 cm³/mol. The lowest BCUT2D eigenvalue weighted by molar-refractivity contribution is -0.139. The molecule has 0 bridgehead atoms. The quantitative estimate of drug-likeness (QED) is 0.873. The third kappa shape index (κ3) is 4.83. The first kappa shape index (κ1) is 16.0. The van der Waals surface area contributed by atoms with E-state index in [0.717, 1.165) is 39.0 Å². The van der Waals surface area contributed by atoms with Crippen molar-refractivity contribution < 1.29 is 9.90 Å². The van der Waals surface area contributed by atoms with Crippen LogP contribution in [0.5, 0.6) is 0 Å². The maximum Gasteiger partial charge on any atom is 0.317 e. The molecule has 0 unspecified atom stereocenters. The number of benzene rings is 1. The van der Waals surface area contributed by atoms with E-state index in [1.165, 1.54) is 11.1 Å². The highest BCUT2D eigenvalue weighted by atomic mass is 16.4. The standard InChI is InChI=1S/C17H26N2O2/c1-3-19(13-17(20)21)16-7-9-18(10-8-16)12-15-6-4-5-14(2)11-15/h4-6,11,16H,3,7-10,12-13H2,1-2H3,(H,20,21). The second-order valence-corrected chi connectivity index (χ2v) is 5.95. The zero-order valence-electron chi connectivity index (χ0n) is 13.1. The second-order valence-electron chi connectivity index (χ2n) is 5.95. The SMILES string of the molecule is CCN(CC(=O)O)C1CCN(Cc2cccc(C)c2)CC1. The molecule has 1 aliphatic rings. The Morgan fingerprint density at radius 2 is 2.10 bits per heavy atom. The van der Waals surface area contributed by atoms with Crippen molar-refractivity contribution in [3.63, 3.8) is 0 Å². The number of likely N-dealkylation sites (tertiary alicyclic amines) is 1. The maximum absolute atomic E-state index is 10.9. The number of carboxylic acids is 1. The molecular weight excluding hydrogens is 264 g/mol. The van der Waals surface area contributed by atoms with Gasteiger partial charge in [0.05, 0.1) is 6.54 Å². The molecule has 116 valence electrons. The van der Waals surface area contributed by atoms with Crippen LogP contribution in [0.25, 0.3) is 0 Å². The van der Waals surface area contributed by atoms with Crippen LogP contribution in [0.2, 0.25) is 0 Å². The Bertz CT molecular complexity index is 468. The average Bonchev–Trinajstić information content (AvgIpc) is 2.45. The van der Waals surface area contributed by atoms with Crippen LogP contribution in [0, 0.1) is 6.92 Å². The van der Waals surface area contributed by atoms with Gasteiger partial charge in [-0.2, -0.15) is 0 Å². The fourth-order valence-electron chi connectivity index (χ4n) is 3.18. The van der Waals surface area contributed by atoms with Gasteiger partial charge >= 0.3 is 5.97 Å². The predicted octanol–water partition coefficient (Wildman–Crippen LogP) is 2.37. The number of piperidine rings is 1. The van der Waals surface area contributed by atoms with Gasteiger partial charge in [-0.05, 0) is 45.0 Å². The number of aryl methyl sites for hydroxylation is 1. The van der Waals surface area contributed by atoms with E-state index in [4.69, 9.17) is 5.11 Å². The van der Waals surface area contributed by atoms with Gasteiger partial charge in [-0.1, -0.05) is 36.8 Å². The van der Waals surface area contributed by atoms with Gasteiger partial charge in [0.2, 0.25) is 0 Å². The Balaban J connectivity index is 1.84. The van der Waals surface area contributed by atoms with Gasteiger partial charge in [0.25, 0.3) is 0 Å². The van der Waals surface area contributed by atoms with Crippen molar-refractivity contribution in [2.45, 2.75) is 39.3 Å². The van der Waals surface area contributed by atoms with Gasteiger partial charge in [-0.3, -0.25) is 14.6 Å². The Morgan fingerprint density at radius 1 is 1.38 bits per heavy atom. The van der Waals surface area contributed by atoms with Crippen molar-refractivity contribution in [1.29, 1.82) is 0 Å². The summed E-state index contributed by atoms with van der Waals surface area (Å²) < 4.78 is 0. The van der Waals surface area contributed by atoms with Crippen LogP contribution < -0.4 is 0 Å². The number of rotatable bonds is 6. The van der Waals surface area contributed by atoms with E-state index in [-0.39, 0.29) is 6.54 Å². The third-order valence-electron chi connectivity index (χ3n) is 4.31. The van der Waals surface area contributed by atoms with Gasteiger partial charge in [0, 0.05) is 12.6 Å². The molecule has 1 N–H and O–H groups in total. The lowest BCUT2D eigenvalue weighted by atomic mass is 10.0. The topological polar surface area (TPSA) is 43.8 Å². The maximum atomic E-state index is 10.9. The molecule has 0 saturated carbocycles. The van der Waals surface area contributed by atoms with Crippen LogP contribution >= 0.6 is 0 Å². The molecule has 1 saturated heterocycles. The van der Waals surface area contributed by atoms with Crippen molar-refractivity contribution >= 4 is 5.97 Å². The fraction of sp³-hybridized carbons (Fsp3) is 0.588. The highest BCUT2D eigenvalue weighted by Crippen LogP contribution is 2.18. The van der Waals surface area contributed by atoms with Crippen molar-refractivity contribution in [3.05, 3.63) is 35.4 Å². The summed E-state index contributed by atoms with van der Waals surface area (Å²) in [5, 5.41) is 8.97. The van der Waals surface area contributed by atoms with Crippen molar-refractivity contribution in [1.82, 2.24) is 9.80 Å². The number of nitrogens with zero attached hydrogens (tertiary/aromatic N) is 2. The molecule has 1 aromatic carbocycles. The summed E-state index contributed by atoms with van der Waals surface area (Å²) in [7, 11) is 0. The number of hydrogen-bond donors (Lipinski definition) is 1. The van der Waals surface area contributed by atoms with Crippen LogP contribution in [0.3, 0.4) is 0 Å². The van der Waals surface area contributed by atoms with E-state index >= 15 is 0 Å². The molecule has 2 rings (SSSR count). The normalized spacial score (nSPS) is 17.3. The molecular formula is C17H26N2O2. The lowest BCUT2D eigenvalue weighted by Crippen LogP contribution is -2.46. The number of likely N-dealkylation sites (N-methyl/N-ethyl adjacent to an activating group) is 1. The highest BCUT2D eigenvalue weighted by molar-refractivity contribution is 5.69. The van der Waals surface area contributed by atoms with E-state index in [9.17, 15) is 4.79 Å². The number of hydrogen-bond acceptors (Lipinski definition) is 3. The molecule has 1 aromatic rings. The van der Waals surface area contributed by atoms with Crippen LogP contribution in [0.15, 0.2) is 24.3 Å². The average molecular weight is 290 g/mol.